The number of benzene rings is 2. The van der Waals surface area contributed by atoms with Gasteiger partial charge in [0.2, 0.25) is 0 Å². The van der Waals surface area contributed by atoms with Gasteiger partial charge in [0.15, 0.2) is 5.13 Å². The summed E-state index contributed by atoms with van der Waals surface area (Å²) < 4.78 is 28.7. The zero-order valence-corrected chi connectivity index (χ0v) is 13.8. The van der Waals surface area contributed by atoms with Crippen LogP contribution in [0.25, 0.3) is 11.3 Å². The molecule has 0 radical (unpaired) electrons. The summed E-state index contributed by atoms with van der Waals surface area (Å²) in [5.74, 6) is 0.139. The van der Waals surface area contributed by atoms with Gasteiger partial charge in [-0.25, -0.2) is 4.98 Å². The molecule has 0 amide bonds. The van der Waals surface area contributed by atoms with E-state index in [1.54, 1.807) is 12.1 Å². The Morgan fingerprint density at radius 2 is 1.75 bits per heavy atom. The lowest BCUT2D eigenvalue weighted by Crippen LogP contribution is -2.05. The van der Waals surface area contributed by atoms with E-state index in [1.807, 2.05) is 23.6 Å². The van der Waals surface area contributed by atoms with Crippen LogP contribution in [-0.2, 0) is 0 Å². The molecule has 3 nitrogen and oxygen atoms in total. The highest BCUT2D eigenvalue weighted by molar-refractivity contribution is 7.14. The lowest BCUT2D eigenvalue weighted by Gasteiger charge is -2.12. The number of halogens is 2. The van der Waals surface area contributed by atoms with Crippen molar-refractivity contribution in [3.63, 3.8) is 0 Å². The fraction of sp³-hybridized carbons (Fsp3) is 0.167. The predicted molar refractivity (Wildman–Crippen MR) is 92.7 cm³/mol. The van der Waals surface area contributed by atoms with Crippen LogP contribution < -0.4 is 10.1 Å². The lowest BCUT2D eigenvalue weighted by molar-refractivity contribution is -0.0498. The summed E-state index contributed by atoms with van der Waals surface area (Å²) in [6.07, 6.45) is 0. The van der Waals surface area contributed by atoms with Crippen LogP contribution >= 0.6 is 11.3 Å². The molecule has 1 heterocycles. The zero-order valence-electron chi connectivity index (χ0n) is 12.9. The first-order valence-corrected chi connectivity index (χ1v) is 8.32. The minimum atomic E-state index is -2.81. The van der Waals surface area contributed by atoms with Crippen molar-refractivity contribution in [3.05, 3.63) is 65.5 Å². The third-order valence-electron chi connectivity index (χ3n) is 3.52. The minimum Gasteiger partial charge on any atom is -0.435 e. The van der Waals surface area contributed by atoms with Gasteiger partial charge in [-0.1, -0.05) is 30.3 Å². The molecule has 0 aliphatic carbocycles. The fourth-order valence-electron chi connectivity index (χ4n) is 2.29. The SMILES string of the molecule is C[C@@H](Nc1nc(-c2ccc(OC(F)F)cc2)cs1)c1ccccc1. The van der Waals surface area contributed by atoms with E-state index in [0.29, 0.717) is 0 Å². The van der Waals surface area contributed by atoms with Gasteiger partial charge in [-0.2, -0.15) is 8.78 Å². The molecule has 24 heavy (non-hydrogen) atoms. The number of anilines is 1. The summed E-state index contributed by atoms with van der Waals surface area (Å²) in [6, 6.07) is 16.7. The zero-order chi connectivity index (χ0) is 16.9. The van der Waals surface area contributed by atoms with Crippen LogP contribution in [0.3, 0.4) is 0 Å². The first-order valence-electron chi connectivity index (χ1n) is 7.44. The molecule has 2 aromatic carbocycles. The normalized spacial score (nSPS) is 12.2. The Hall–Kier alpha value is -2.47. The number of hydrogen-bond donors (Lipinski definition) is 1. The summed E-state index contributed by atoms with van der Waals surface area (Å²) in [6.45, 7) is -0.738. The van der Waals surface area contributed by atoms with E-state index < -0.39 is 6.61 Å². The van der Waals surface area contributed by atoms with Crippen LogP contribution in [0.1, 0.15) is 18.5 Å². The second-order valence-corrected chi connectivity index (χ2v) is 6.08. The van der Waals surface area contributed by atoms with Gasteiger partial charge in [0.05, 0.1) is 11.7 Å². The molecule has 0 spiro atoms. The van der Waals surface area contributed by atoms with E-state index in [2.05, 4.69) is 34.1 Å². The van der Waals surface area contributed by atoms with Gasteiger partial charge >= 0.3 is 6.61 Å². The molecule has 0 saturated heterocycles. The van der Waals surface area contributed by atoms with Crippen LogP contribution in [0.5, 0.6) is 5.75 Å². The number of aromatic nitrogens is 1. The molecular weight excluding hydrogens is 330 g/mol. The summed E-state index contributed by atoms with van der Waals surface area (Å²) >= 11 is 1.51. The summed E-state index contributed by atoms with van der Waals surface area (Å²) in [4.78, 5) is 4.56. The Morgan fingerprint density at radius 1 is 1.04 bits per heavy atom. The largest absolute Gasteiger partial charge is 0.435 e. The molecule has 0 saturated carbocycles. The maximum atomic E-state index is 12.2. The number of nitrogens with zero attached hydrogens (tertiary/aromatic N) is 1. The highest BCUT2D eigenvalue weighted by Crippen LogP contribution is 2.29. The van der Waals surface area contributed by atoms with Crippen LogP contribution in [0, 0.1) is 0 Å². The number of alkyl halides is 2. The average Bonchev–Trinajstić information content (AvgIpc) is 3.04. The Labute approximate surface area is 142 Å². The first kappa shape index (κ1) is 16.4. The number of hydrogen-bond acceptors (Lipinski definition) is 4. The lowest BCUT2D eigenvalue weighted by atomic mass is 10.1. The van der Waals surface area contributed by atoms with E-state index in [4.69, 9.17) is 0 Å². The molecule has 3 aromatic rings. The summed E-state index contributed by atoms with van der Waals surface area (Å²) in [5.41, 5.74) is 2.84. The maximum Gasteiger partial charge on any atom is 0.387 e. The molecule has 0 unspecified atom stereocenters. The third kappa shape index (κ3) is 4.08. The van der Waals surface area contributed by atoms with Crippen molar-refractivity contribution < 1.29 is 13.5 Å². The number of ether oxygens (including phenoxy) is 1. The average molecular weight is 346 g/mol. The molecule has 0 aliphatic rings. The Bertz CT molecular complexity index is 775. The molecule has 0 fully saturated rings. The van der Waals surface area contributed by atoms with E-state index in [-0.39, 0.29) is 11.8 Å². The second-order valence-electron chi connectivity index (χ2n) is 5.22. The van der Waals surface area contributed by atoms with Crippen LogP contribution in [0.2, 0.25) is 0 Å². The highest BCUT2D eigenvalue weighted by atomic mass is 32.1. The Kier molecular flexibility index (Phi) is 5.05. The van der Waals surface area contributed by atoms with Crippen molar-refractivity contribution >= 4 is 16.5 Å². The molecule has 124 valence electrons. The number of nitrogens with one attached hydrogen (secondary N) is 1. The molecule has 0 aliphatic heterocycles. The van der Waals surface area contributed by atoms with Crippen LogP contribution in [0.15, 0.2) is 60.0 Å². The molecular formula is C18H16F2N2OS. The van der Waals surface area contributed by atoms with Gasteiger partial charge in [-0.05, 0) is 36.8 Å². The number of rotatable bonds is 6. The van der Waals surface area contributed by atoms with Crippen LogP contribution in [-0.4, -0.2) is 11.6 Å². The van der Waals surface area contributed by atoms with Gasteiger partial charge in [0.1, 0.15) is 5.75 Å². The fourth-order valence-corrected chi connectivity index (χ4v) is 3.10. The van der Waals surface area contributed by atoms with E-state index in [1.165, 1.54) is 29.0 Å². The van der Waals surface area contributed by atoms with Gasteiger partial charge in [0, 0.05) is 10.9 Å². The van der Waals surface area contributed by atoms with Crippen molar-refractivity contribution in [3.8, 4) is 17.0 Å². The standard InChI is InChI=1S/C18H16F2N2OS/c1-12(13-5-3-2-4-6-13)21-18-22-16(11-24-18)14-7-9-15(10-8-14)23-17(19)20/h2-12,17H,1H3,(H,21,22)/t12-/m1/s1. The number of thiazole rings is 1. The van der Waals surface area contributed by atoms with Crippen molar-refractivity contribution in [2.24, 2.45) is 0 Å². The van der Waals surface area contributed by atoms with Gasteiger partial charge in [-0.3, -0.25) is 0 Å². The van der Waals surface area contributed by atoms with Gasteiger partial charge in [0.25, 0.3) is 0 Å². The van der Waals surface area contributed by atoms with Crippen molar-refractivity contribution in [1.29, 1.82) is 0 Å². The van der Waals surface area contributed by atoms with E-state index >= 15 is 0 Å². The van der Waals surface area contributed by atoms with Crippen molar-refractivity contribution in [2.45, 2.75) is 19.6 Å². The quantitative estimate of drug-likeness (QED) is 0.632. The van der Waals surface area contributed by atoms with E-state index in [9.17, 15) is 8.78 Å². The van der Waals surface area contributed by atoms with Gasteiger partial charge < -0.3 is 10.1 Å². The Morgan fingerprint density at radius 3 is 2.42 bits per heavy atom. The Balaban J connectivity index is 1.69. The van der Waals surface area contributed by atoms with Crippen molar-refractivity contribution in [2.75, 3.05) is 5.32 Å². The second kappa shape index (κ2) is 7.40. The molecule has 1 N–H and O–H groups in total. The first-order chi connectivity index (χ1) is 11.6. The monoisotopic (exact) mass is 346 g/mol. The topological polar surface area (TPSA) is 34.2 Å². The van der Waals surface area contributed by atoms with E-state index in [0.717, 1.165) is 16.4 Å². The van der Waals surface area contributed by atoms with Gasteiger partial charge in [-0.15, -0.1) is 11.3 Å². The smallest absolute Gasteiger partial charge is 0.387 e. The predicted octanol–water partition coefficient (Wildman–Crippen LogP) is 5.58. The van der Waals surface area contributed by atoms with Crippen molar-refractivity contribution in [1.82, 2.24) is 4.98 Å². The molecule has 6 heteroatoms. The molecule has 1 aromatic heterocycles. The van der Waals surface area contributed by atoms with Crippen LogP contribution in [0.4, 0.5) is 13.9 Å². The maximum absolute atomic E-state index is 12.2. The summed E-state index contributed by atoms with van der Waals surface area (Å²) in [5, 5.41) is 6.12. The molecule has 0 bridgehead atoms. The molecule has 3 rings (SSSR count). The third-order valence-corrected chi connectivity index (χ3v) is 4.29. The highest BCUT2D eigenvalue weighted by Gasteiger charge is 2.10. The summed E-state index contributed by atoms with van der Waals surface area (Å²) in [7, 11) is 0. The molecule has 1 atom stereocenters. The minimum absolute atomic E-state index is 0.139.